The van der Waals surface area contributed by atoms with E-state index in [0.29, 0.717) is 5.82 Å². The van der Waals surface area contributed by atoms with Crippen molar-refractivity contribution in [2.45, 2.75) is 13.3 Å². The minimum absolute atomic E-state index is 0.0409. The third-order valence-corrected chi connectivity index (χ3v) is 3.04. The fourth-order valence-corrected chi connectivity index (χ4v) is 1.92. The van der Waals surface area contributed by atoms with Crippen LogP contribution in [0.2, 0.25) is 0 Å². The predicted molar refractivity (Wildman–Crippen MR) is 79.3 cm³/mol. The number of carbonyl (C=O) groups is 2. The molecule has 0 unspecified atom stereocenters. The summed E-state index contributed by atoms with van der Waals surface area (Å²) >= 11 is 0. The number of benzene rings is 1. The molecular formula is C16H15FN2O3. The van der Waals surface area contributed by atoms with E-state index in [1.54, 1.807) is 18.3 Å². The zero-order chi connectivity index (χ0) is 16.1. The summed E-state index contributed by atoms with van der Waals surface area (Å²) in [7, 11) is 0. The molecule has 0 atom stereocenters. The van der Waals surface area contributed by atoms with E-state index < -0.39 is 17.7 Å². The van der Waals surface area contributed by atoms with Crippen molar-refractivity contribution < 1.29 is 19.1 Å². The highest BCUT2D eigenvalue weighted by atomic mass is 19.1. The van der Waals surface area contributed by atoms with Crippen LogP contribution in [-0.4, -0.2) is 28.5 Å². The summed E-state index contributed by atoms with van der Waals surface area (Å²) in [4.78, 5) is 28.7. The molecule has 0 radical (unpaired) electrons. The fraction of sp³-hybridized carbons (Fsp3) is 0.188. The maximum atomic E-state index is 13.3. The predicted octanol–water partition coefficient (Wildman–Crippen LogP) is 2.65. The molecule has 0 saturated carbocycles. The second-order valence-electron chi connectivity index (χ2n) is 4.80. The minimum atomic E-state index is -1.02. The quantitative estimate of drug-likeness (QED) is 0.921. The number of rotatable bonds is 5. The molecule has 1 aromatic carbocycles. The highest BCUT2D eigenvalue weighted by Crippen LogP contribution is 2.16. The molecule has 0 aliphatic heterocycles. The van der Waals surface area contributed by atoms with Gasteiger partial charge in [0, 0.05) is 18.3 Å². The molecule has 0 saturated heterocycles. The van der Waals surface area contributed by atoms with Crippen LogP contribution in [0.4, 0.5) is 10.2 Å². The standard InChI is InChI=1S/C16H15FN2O3/c1-11-5-6-14(18-10-11)19(8-7-15(20)21)16(22)12-3-2-4-13(17)9-12/h2-6,9-10H,7-8H2,1H3,(H,20,21). The summed E-state index contributed by atoms with van der Waals surface area (Å²) in [5.74, 6) is -1.71. The molecule has 1 N–H and O–H groups in total. The zero-order valence-corrected chi connectivity index (χ0v) is 12.0. The van der Waals surface area contributed by atoms with Crippen molar-refractivity contribution in [3.63, 3.8) is 0 Å². The summed E-state index contributed by atoms with van der Waals surface area (Å²) in [6.07, 6.45) is 1.36. The molecule has 1 aromatic heterocycles. The molecule has 22 heavy (non-hydrogen) atoms. The Bertz CT molecular complexity index is 686. The van der Waals surface area contributed by atoms with Crippen LogP contribution in [0.1, 0.15) is 22.3 Å². The van der Waals surface area contributed by atoms with Crippen molar-refractivity contribution in [2.75, 3.05) is 11.4 Å². The van der Waals surface area contributed by atoms with Gasteiger partial charge in [-0.15, -0.1) is 0 Å². The Balaban J connectivity index is 2.32. The number of anilines is 1. The van der Waals surface area contributed by atoms with Crippen molar-refractivity contribution >= 4 is 17.7 Å². The molecule has 2 aromatic rings. The number of carbonyl (C=O) groups excluding carboxylic acids is 1. The monoisotopic (exact) mass is 302 g/mol. The zero-order valence-electron chi connectivity index (χ0n) is 12.0. The van der Waals surface area contributed by atoms with Gasteiger partial charge in [-0.3, -0.25) is 14.5 Å². The van der Waals surface area contributed by atoms with Gasteiger partial charge in [-0.05, 0) is 36.8 Å². The topological polar surface area (TPSA) is 70.5 Å². The Morgan fingerprint density at radius 1 is 1.27 bits per heavy atom. The van der Waals surface area contributed by atoms with E-state index in [2.05, 4.69) is 4.98 Å². The van der Waals surface area contributed by atoms with Crippen LogP contribution in [-0.2, 0) is 4.79 Å². The highest BCUT2D eigenvalue weighted by molar-refractivity contribution is 6.05. The first-order valence-corrected chi connectivity index (χ1v) is 6.69. The van der Waals surface area contributed by atoms with E-state index in [4.69, 9.17) is 5.11 Å². The molecule has 0 spiro atoms. The lowest BCUT2D eigenvalue weighted by molar-refractivity contribution is -0.136. The lowest BCUT2D eigenvalue weighted by Crippen LogP contribution is -2.33. The number of hydrogen-bond acceptors (Lipinski definition) is 3. The number of amides is 1. The van der Waals surface area contributed by atoms with Gasteiger partial charge < -0.3 is 5.11 Å². The molecule has 2 rings (SSSR count). The van der Waals surface area contributed by atoms with Gasteiger partial charge >= 0.3 is 5.97 Å². The van der Waals surface area contributed by atoms with Crippen LogP contribution in [0, 0.1) is 12.7 Å². The Morgan fingerprint density at radius 2 is 2.05 bits per heavy atom. The van der Waals surface area contributed by atoms with E-state index >= 15 is 0 Å². The number of carboxylic acid groups (broad SMARTS) is 1. The number of carboxylic acids is 1. The molecule has 114 valence electrons. The average molecular weight is 302 g/mol. The fourth-order valence-electron chi connectivity index (χ4n) is 1.92. The van der Waals surface area contributed by atoms with Gasteiger partial charge in [-0.2, -0.15) is 0 Å². The Labute approximate surface area is 127 Å². The SMILES string of the molecule is Cc1ccc(N(CCC(=O)O)C(=O)c2cccc(F)c2)nc1. The number of aromatic nitrogens is 1. The number of aryl methyl sites for hydroxylation is 1. The van der Waals surface area contributed by atoms with E-state index in [0.717, 1.165) is 11.6 Å². The first-order chi connectivity index (χ1) is 10.5. The van der Waals surface area contributed by atoms with Crippen molar-refractivity contribution in [3.8, 4) is 0 Å². The van der Waals surface area contributed by atoms with Crippen LogP contribution in [0.25, 0.3) is 0 Å². The van der Waals surface area contributed by atoms with E-state index in [1.807, 2.05) is 6.92 Å². The molecule has 5 nitrogen and oxygen atoms in total. The van der Waals surface area contributed by atoms with E-state index in [1.165, 1.54) is 23.1 Å². The number of halogens is 1. The normalized spacial score (nSPS) is 10.3. The maximum Gasteiger partial charge on any atom is 0.305 e. The summed E-state index contributed by atoms with van der Waals surface area (Å²) in [5, 5.41) is 8.83. The van der Waals surface area contributed by atoms with Crippen LogP contribution in [0.15, 0.2) is 42.6 Å². The number of hydrogen-bond donors (Lipinski definition) is 1. The molecular weight excluding hydrogens is 287 g/mol. The molecule has 1 heterocycles. The molecule has 0 aliphatic carbocycles. The van der Waals surface area contributed by atoms with E-state index in [-0.39, 0.29) is 18.5 Å². The average Bonchev–Trinajstić information content (AvgIpc) is 2.48. The molecule has 0 fully saturated rings. The van der Waals surface area contributed by atoms with Crippen LogP contribution in [0.3, 0.4) is 0 Å². The lowest BCUT2D eigenvalue weighted by Gasteiger charge is -2.21. The van der Waals surface area contributed by atoms with E-state index in [9.17, 15) is 14.0 Å². The van der Waals surface area contributed by atoms with Gasteiger partial charge in [0.2, 0.25) is 0 Å². The number of aliphatic carboxylic acids is 1. The Kier molecular flexibility index (Phi) is 4.83. The smallest absolute Gasteiger partial charge is 0.305 e. The van der Waals surface area contributed by atoms with Crippen LogP contribution >= 0.6 is 0 Å². The lowest BCUT2D eigenvalue weighted by atomic mass is 10.2. The van der Waals surface area contributed by atoms with Crippen LogP contribution in [0.5, 0.6) is 0 Å². The van der Waals surface area contributed by atoms with Gasteiger partial charge in [-0.1, -0.05) is 12.1 Å². The molecule has 0 aliphatic rings. The van der Waals surface area contributed by atoms with Gasteiger partial charge in [0.15, 0.2) is 0 Å². The van der Waals surface area contributed by atoms with Gasteiger partial charge in [0.1, 0.15) is 11.6 Å². The first kappa shape index (κ1) is 15.6. The number of nitrogens with zero attached hydrogens (tertiary/aromatic N) is 2. The van der Waals surface area contributed by atoms with Crippen molar-refractivity contribution in [1.82, 2.24) is 4.98 Å². The van der Waals surface area contributed by atoms with Gasteiger partial charge in [0.05, 0.1) is 6.42 Å². The first-order valence-electron chi connectivity index (χ1n) is 6.69. The largest absolute Gasteiger partial charge is 0.481 e. The summed E-state index contributed by atoms with van der Waals surface area (Å²) in [5.41, 5.74) is 1.06. The van der Waals surface area contributed by atoms with Gasteiger partial charge in [-0.25, -0.2) is 9.37 Å². The summed E-state index contributed by atoms with van der Waals surface area (Å²) in [6.45, 7) is 1.81. The van der Waals surface area contributed by atoms with Crippen molar-refractivity contribution in [2.24, 2.45) is 0 Å². The highest BCUT2D eigenvalue weighted by Gasteiger charge is 2.20. The summed E-state index contributed by atoms with van der Waals surface area (Å²) < 4.78 is 13.3. The molecule has 0 bridgehead atoms. The molecule has 1 amide bonds. The van der Waals surface area contributed by atoms with Crippen LogP contribution < -0.4 is 4.90 Å². The third-order valence-electron chi connectivity index (χ3n) is 3.04. The van der Waals surface area contributed by atoms with Crippen molar-refractivity contribution in [1.29, 1.82) is 0 Å². The maximum absolute atomic E-state index is 13.3. The minimum Gasteiger partial charge on any atom is -0.481 e. The third kappa shape index (κ3) is 3.88. The van der Waals surface area contributed by atoms with Crippen molar-refractivity contribution in [3.05, 3.63) is 59.5 Å². The Hall–Kier alpha value is -2.76. The van der Waals surface area contributed by atoms with Gasteiger partial charge in [0.25, 0.3) is 5.91 Å². The summed E-state index contributed by atoms with van der Waals surface area (Å²) in [6, 6.07) is 8.67. The Morgan fingerprint density at radius 3 is 2.64 bits per heavy atom. The number of pyridine rings is 1. The second kappa shape index (κ2) is 6.80. The molecule has 6 heteroatoms. The second-order valence-corrected chi connectivity index (χ2v) is 4.80.